The molecule has 5 heteroatoms. The molecule has 21 heavy (non-hydrogen) atoms. The number of benzene rings is 1. The van der Waals surface area contributed by atoms with Crippen molar-refractivity contribution in [2.24, 2.45) is 5.73 Å². The Morgan fingerprint density at radius 1 is 1.29 bits per heavy atom. The molecule has 1 aromatic heterocycles. The largest absolute Gasteiger partial charge is 0.329 e. The molecule has 0 saturated carbocycles. The molecular weight excluding hydrogens is 323 g/mol. The van der Waals surface area contributed by atoms with Crippen LogP contribution < -0.4 is 5.73 Å². The number of nitrogens with zero attached hydrogens (tertiary/aromatic N) is 1. The average Bonchev–Trinajstić information content (AvgIpc) is 2.94. The van der Waals surface area contributed by atoms with E-state index in [2.05, 4.69) is 36.4 Å². The summed E-state index contributed by atoms with van der Waals surface area (Å²) in [7, 11) is 2.10. The van der Waals surface area contributed by atoms with Crippen LogP contribution in [0.1, 0.15) is 23.4 Å². The zero-order chi connectivity index (χ0) is 15.4. The summed E-state index contributed by atoms with van der Waals surface area (Å²) in [4.78, 5) is 3.67. The van der Waals surface area contributed by atoms with Gasteiger partial charge in [0.1, 0.15) is 0 Å². The van der Waals surface area contributed by atoms with Crippen LogP contribution in [0.15, 0.2) is 35.7 Å². The minimum absolute atomic E-state index is 0.0877. The van der Waals surface area contributed by atoms with Crippen LogP contribution in [0.4, 0.5) is 0 Å². The molecule has 1 aromatic carbocycles. The first-order chi connectivity index (χ1) is 10.0. The van der Waals surface area contributed by atoms with Gasteiger partial charge in [-0.3, -0.25) is 4.90 Å². The van der Waals surface area contributed by atoms with E-state index in [0.29, 0.717) is 22.6 Å². The second kappa shape index (κ2) is 7.61. The Balaban J connectivity index is 2.15. The van der Waals surface area contributed by atoms with Crippen LogP contribution in [-0.4, -0.2) is 24.5 Å². The predicted molar refractivity (Wildman–Crippen MR) is 93.5 cm³/mol. The molecule has 0 fully saturated rings. The molecule has 2 atom stereocenters. The quantitative estimate of drug-likeness (QED) is 0.829. The van der Waals surface area contributed by atoms with Crippen LogP contribution in [0.2, 0.25) is 10.0 Å². The lowest BCUT2D eigenvalue weighted by atomic mass is 10.0. The molecule has 0 radical (unpaired) electrons. The van der Waals surface area contributed by atoms with Gasteiger partial charge in [0, 0.05) is 33.6 Å². The summed E-state index contributed by atoms with van der Waals surface area (Å²) >= 11 is 14.1. The highest BCUT2D eigenvalue weighted by atomic mass is 35.5. The summed E-state index contributed by atoms with van der Waals surface area (Å²) in [5.41, 5.74) is 7.02. The van der Waals surface area contributed by atoms with Gasteiger partial charge in [-0.1, -0.05) is 35.3 Å². The van der Waals surface area contributed by atoms with E-state index in [1.165, 1.54) is 4.88 Å². The van der Waals surface area contributed by atoms with Crippen molar-refractivity contribution in [1.82, 2.24) is 4.90 Å². The van der Waals surface area contributed by atoms with Crippen LogP contribution >= 0.6 is 34.5 Å². The number of thiophene rings is 1. The van der Waals surface area contributed by atoms with Crippen LogP contribution in [0, 0.1) is 0 Å². The molecule has 0 aliphatic carbocycles. The van der Waals surface area contributed by atoms with Gasteiger partial charge in [0.05, 0.1) is 0 Å². The maximum Gasteiger partial charge on any atom is 0.0485 e. The van der Waals surface area contributed by atoms with Crippen LogP contribution in [0.25, 0.3) is 0 Å². The molecule has 2 rings (SSSR count). The molecule has 2 aromatic rings. The summed E-state index contributed by atoms with van der Waals surface area (Å²) in [5.74, 6) is 0. The Bertz CT molecular complexity index is 572. The maximum atomic E-state index is 6.33. The van der Waals surface area contributed by atoms with Gasteiger partial charge in [0.15, 0.2) is 0 Å². The van der Waals surface area contributed by atoms with Crippen molar-refractivity contribution in [1.29, 1.82) is 0 Å². The molecule has 0 bridgehead atoms. The predicted octanol–water partition coefficient (Wildman–Crippen LogP) is 4.62. The first-order valence-corrected chi connectivity index (χ1v) is 8.55. The molecule has 1 heterocycles. The smallest absolute Gasteiger partial charge is 0.0485 e. The van der Waals surface area contributed by atoms with E-state index in [4.69, 9.17) is 28.9 Å². The fourth-order valence-corrected chi connectivity index (χ4v) is 3.82. The highest BCUT2D eigenvalue weighted by Gasteiger charge is 2.22. The molecular formula is C16H20Cl2N2S. The van der Waals surface area contributed by atoms with Gasteiger partial charge < -0.3 is 5.73 Å². The third-order valence-electron chi connectivity index (χ3n) is 3.81. The van der Waals surface area contributed by atoms with E-state index in [0.717, 1.165) is 12.0 Å². The summed E-state index contributed by atoms with van der Waals surface area (Å²) in [6, 6.07) is 10.3. The van der Waals surface area contributed by atoms with Gasteiger partial charge in [-0.05, 0) is 49.5 Å². The van der Waals surface area contributed by atoms with Crippen LogP contribution in [0.3, 0.4) is 0 Å². The van der Waals surface area contributed by atoms with Crippen LogP contribution in [-0.2, 0) is 6.42 Å². The first kappa shape index (κ1) is 16.8. The minimum Gasteiger partial charge on any atom is -0.329 e. The lowest BCUT2D eigenvalue weighted by molar-refractivity contribution is 0.188. The number of rotatable bonds is 6. The average molecular weight is 343 g/mol. The first-order valence-electron chi connectivity index (χ1n) is 6.92. The monoisotopic (exact) mass is 342 g/mol. The van der Waals surface area contributed by atoms with Crippen molar-refractivity contribution in [2.75, 3.05) is 13.6 Å². The van der Waals surface area contributed by atoms with E-state index < -0.39 is 0 Å². The third kappa shape index (κ3) is 4.21. The van der Waals surface area contributed by atoms with Crippen molar-refractivity contribution >= 4 is 34.5 Å². The molecule has 2 nitrogen and oxygen atoms in total. The molecule has 0 aliphatic heterocycles. The lowest BCUT2D eigenvalue weighted by Crippen LogP contribution is -2.38. The highest BCUT2D eigenvalue weighted by molar-refractivity contribution is 7.09. The SMILES string of the molecule is CC(Cc1cccs1)N(C)C(CN)c1ccc(Cl)cc1Cl. The standard InChI is InChI=1S/C16H20Cl2N2S/c1-11(8-13-4-3-7-21-13)20(2)16(10-19)14-6-5-12(17)9-15(14)18/h3-7,9,11,16H,8,10,19H2,1-2H3. The fraction of sp³-hybridized carbons (Fsp3) is 0.375. The Kier molecular flexibility index (Phi) is 6.08. The lowest BCUT2D eigenvalue weighted by Gasteiger charge is -2.33. The number of hydrogen-bond donors (Lipinski definition) is 1. The third-order valence-corrected chi connectivity index (χ3v) is 5.27. The highest BCUT2D eigenvalue weighted by Crippen LogP contribution is 2.30. The zero-order valence-corrected chi connectivity index (χ0v) is 14.6. The number of halogens is 2. The van der Waals surface area contributed by atoms with E-state index in [-0.39, 0.29) is 6.04 Å². The molecule has 2 N–H and O–H groups in total. The fourth-order valence-electron chi connectivity index (χ4n) is 2.46. The molecule has 0 amide bonds. The van der Waals surface area contributed by atoms with E-state index in [1.807, 2.05) is 12.1 Å². The second-order valence-electron chi connectivity index (χ2n) is 5.22. The second-order valence-corrected chi connectivity index (χ2v) is 7.09. The van der Waals surface area contributed by atoms with Crippen molar-refractivity contribution in [3.8, 4) is 0 Å². The molecule has 2 unspecified atom stereocenters. The van der Waals surface area contributed by atoms with Gasteiger partial charge in [-0.15, -0.1) is 11.3 Å². The Morgan fingerprint density at radius 2 is 2.05 bits per heavy atom. The Labute approximate surface area is 140 Å². The van der Waals surface area contributed by atoms with Gasteiger partial charge in [-0.25, -0.2) is 0 Å². The summed E-state index contributed by atoms with van der Waals surface area (Å²) in [6.07, 6.45) is 1.01. The van der Waals surface area contributed by atoms with E-state index >= 15 is 0 Å². The van der Waals surface area contributed by atoms with Crippen molar-refractivity contribution in [3.05, 3.63) is 56.2 Å². The van der Waals surface area contributed by atoms with Crippen molar-refractivity contribution in [3.63, 3.8) is 0 Å². The van der Waals surface area contributed by atoms with Gasteiger partial charge in [0.25, 0.3) is 0 Å². The molecule has 114 valence electrons. The zero-order valence-electron chi connectivity index (χ0n) is 12.2. The minimum atomic E-state index is 0.0877. The molecule has 0 spiro atoms. The normalized spacial score (nSPS) is 14.4. The molecule has 0 saturated heterocycles. The van der Waals surface area contributed by atoms with Crippen LogP contribution in [0.5, 0.6) is 0 Å². The Morgan fingerprint density at radius 3 is 2.62 bits per heavy atom. The summed E-state index contributed by atoms with van der Waals surface area (Å²) in [5, 5.41) is 3.43. The summed E-state index contributed by atoms with van der Waals surface area (Å²) < 4.78 is 0. The van der Waals surface area contributed by atoms with Crippen molar-refractivity contribution in [2.45, 2.75) is 25.4 Å². The summed E-state index contributed by atoms with van der Waals surface area (Å²) in [6.45, 7) is 2.73. The van der Waals surface area contributed by atoms with E-state index in [1.54, 1.807) is 17.4 Å². The number of likely N-dealkylation sites (N-methyl/N-ethyl adjacent to an activating group) is 1. The van der Waals surface area contributed by atoms with Gasteiger partial charge in [0.2, 0.25) is 0 Å². The van der Waals surface area contributed by atoms with Gasteiger partial charge in [-0.2, -0.15) is 0 Å². The molecule has 0 aliphatic rings. The Hall–Kier alpha value is -0.580. The number of nitrogens with two attached hydrogens (primary N) is 1. The maximum absolute atomic E-state index is 6.33. The van der Waals surface area contributed by atoms with E-state index in [9.17, 15) is 0 Å². The van der Waals surface area contributed by atoms with Crippen molar-refractivity contribution < 1.29 is 0 Å². The van der Waals surface area contributed by atoms with Gasteiger partial charge >= 0.3 is 0 Å². The number of hydrogen-bond acceptors (Lipinski definition) is 3. The topological polar surface area (TPSA) is 29.3 Å².